The minimum atomic E-state index is -0.332. The molecule has 3 fully saturated rings. The molecule has 152 valence electrons. The number of hydrogen-bond donors (Lipinski definition) is 1. The van der Waals surface area contributed by atoms with E-state index in [1.54, 1.807) is 4.90 Å². The van der Waals surface area contributed by atoms with Gasteiger partial charge in [0.1, 0.15) is 6.04 Å². The maximum Gasteiger partial charge on any atom is 0.322 e. The first kappa shape index (κ1) is 19.7. The van der Waals surface area contributed by atoms with Crippen LogP contribution < -0.4 is 5.32 Å². The first-order chi connectivity index (χ1) is 13.2. The minimum absolute atomic E-state index is 0.148. The zero-order valence-electron chi connectivity index (χ0n) is 17.0. The van der Waals surface area contributed by atoms with Gasteiger partial charge in [-0.2, -0.15) is 0 Å². The number of urea groups is 1. The number of amides is 3. The van der Waals surface area contributed by atoms with Crippen LogP contribution in [0.25, 0.3) is 0 Å². The second-order valence-corrected chi connectivity index (χ2v) is 10.9. The Morgan fingerprint density at radius 1 is 1.11 bits per heavy atom. The van der Waals surface area contributed by atoms with Crippen LogP contribution in [0.4, 0.5) is 10.5 Å². The van der Waals surface area contributed by atoms with E-state index in [-0.39, 0.29) is 28.8 Å². The third-order valence-corrected chi connectivity index (χ3v) is 7.12. The van der Waals surface area contributed by atoms with Gasteiger partial charge in [0.15, 0.2) is 0 Å². The van der Waals surface area contributed by atoms with Crippen LogP contribution in [0.2, 0.25) is 0 Å². The SMILES string of the molecule is CC1(C)CC2CC(C)(CN2C(=O)C2CCCN2C(=O)Nc2ccc(Br)cc2)C1. The molecule has 3 unspecified atom stereocenters. The summed E-state index contributed by atoms with van der Waals surface area (Å²) in [6, 6.07) is 7.33. The minimum Gasteiger partial charge on any atom is -0.337 e. The van der Waals surface area contributed by atoms with E-state index in [1.165, 1.54) is 6.42 Å². The number of nitrogens with one attached hydrogen (secondary N) is 1. The highest BCUT2D eigenvalue weighted by molar-refractivity contribution is 9.10. The van der Waals surface area contributed by atoms with Crippen LogP contribution >= 0.6 is 15.9 Å². The molecule has 3 atom stereocenters. The normalized spacial score (nSPS) is 31.1. The average molecular weight is 448 g/mol. The summed E-state index contributed by atoms with van der Waals surface area (Å²) in [7, 11) is 0. The number of carbonyl (C=O) groups is 2. The van der Waals surface area contributed by atoms with E-state index in [2.05, 4.69) is 46.9 Å². The van der Waals surface area contributed by atoms with Gasteiger partial charge in [-0.3, -0.25) is 4.79 Å². The standard InChI is InChI=1S/C22H30BrN3O2/c1-21(2)11-17-12-22(3,13-21)14-26(17)19(27)18-5-4-10-25(18)20(28)24-16-8-6-15(23)7-9-16/h6-9,17-18H,4-5,10-14H2,1-3H3,(H,24,28). The molecule has 0 aromatic heterocycles. The number of anilines is 1. The van der Waals surface area contributed by atoms with Gasteiger partial charge in [0, 0.05) is 29.3 Å². The Bertz CT molecular complexity index is 778. The molecule has 3 aliphatic rings. The van der Waals surface area contributed by atoms with Crippen LogP contribution in [-0.4, -0.2) is 46.9 Å². The van der Waals surface area contributed by atoms with Crippen LogP contribution in [-0.2, 0) is 4.79 Å². The van der Waals surface area contributed by atoms with Crippen LogP contribution in [0, 0.1) is 10.8 Å². The van der Waals surface area contributed by atoms with Crippen LogP contribution in [0.3, 0.4) is 0 Å². The Balaban J connectivity index is 1.46. The summed E-state index contributed by atoms with van der Waals surface area (Å²) in [6.07, 6.45) is 4.96. The first-order valence-electron chi connectivity index (χ1n) is 10.3. The molecule has 1 N–H and O–H groups in total. The molecule has 2 bridgehead atoms. The van der Waals surface area contributed by atoms with Gasteiger partial charge < -0.3 is 15.1 Å². The van der Waals surface area contributed by atoms with Crippen molar-refractivity contribution >= 4 is 33.6 Å². The Kier molecular flexibility index (Phi) is 4.97. The lowest BCUT2D eigenvalue weighted by Crippen LogP contribution is -2.50. The van der Waals surface area contributed by atoms with E-state index in [4.69, 9.17) is 0 Å². The Hall–Kier alpha value is -1.56. The number of carbonyl (C=O) groups excluding carboxylic acids is 2. The number of fused-ring (bicyclic) bond motifs is 2. The van der Waals surface area contributed by atoms with Crippen molar-refractivity contribution in [1.29, 1.82) is 0 Å². The zero-order valence-corrected chi connectivity index (χ0v) is 18.6. The van der Waals surface area contributed by atoms with E-state index < -0.39 is 0 Å². The molecular weight excluding hydrogens is 418 g/mol. The number of nitrogens with zero attached hydrogens (tertiary/aromatic N) is 2. The third kappa shape index (κ3) is 3.80. The van der Waals surface area contributed by atoms with Crippen molar-refractivity contribution in [1.82, 2.24) is 9.80 Å². The zero-order chi connectivity index (χ0) is 20.1. The van der Waals surface area contributed by atoms with Crippen molar-refractivity contribution in [2.24, 2.45) is 10.8 Å². The lowest BCUT2D eigenvalue weighted by atomic mass is 9.65. The number of hydrogen-bond acceptors (Lipinski definition) is 2. The van der Waals surface area contributed by atoms with Crippen molar-refractivity contribution in [2.45, 2.75) is 65.0 Å². The Labute approximate surface area is 176 Å². The largest absolute Gasteiger partial charge is 0.337 e. The van der Waals surface area contributed by atoms with Crippen LogP contribution in [0.5, 0.6) is 0 Å². The topological polar surface area (TPSA) is 52.7 Å². The molecule has 2 saturated heterocycles. The fraction of sp³-hybridized carbons (Fsp3) is 0.636. The van der Waals surface area contributed by atoms with Crippen molar-refractivity contribution in [3.05, 3.63) is 28.7 Å². The average Bonchev–Trinajstić information content (AvgIpc) is 3.18. The fourth-order valence-electron chi connectivity index (χ4n) is 5.90. The maximum absolute atomic E-state index is 13.5. The second kappa shape index (κ2) is 7.05. The van der Waals surface area contributed by atoms with E-state index in [9.17, 15) is 9.59 Å². The van der Waals surface area contributed by atoms with Gasteiger partial charge in [-0.15, -0.1) is 0 Å². The van der Waals surface area contributed by atoms with Crippen molar-refractivity contribution in [3.63, 3.8) is 0 Å². The molecule has 2 aliphatic heterocycles. The maximum atomic E-state index is 13.5. The van der Waals surface area contributed by atoms with Gasteiger partial charge in [-0.25, -0.2) is 4.79 Å². The summed E-state index contributed by atoms with van der Waals surface area (Å²) >= 11 is 3.41. The van der Waals surface area contributed by atoms with E-state index in [0.717, 1.165) is 42.4 Å². The molecule has 2 heterocycles. The predicted octanol–water partition coefficient (Wildman–Crippen LogP) is 4.87. The molecular formula is C22H30BrN3O2. The van der Waals surface area contributed by atoms with Crippen LogP contribution in [0.1, 0.15) is 52.9 Å². The number of halogens is 1. The summed E-state index contributed by atoms with van der Waals surface area (Å²) in [6.45, 7) is 8.43. The van der Waals surface area contributed by atoms with Gasteiger partial charge in [-0.1, -0.05) is 36.7 Å². The summed E-state index contributed by atoms with van der Waals surface area (Å²) in [5.41, 5.74) is 1.24. The lowest BCUT2D eigenvalue weighted by Gasteiger charge is -2.39. The molecule has 0 spiro atoms. The van der Waals surface area contributed by atoms with Gasteiger partial charge >= 0.3 is 6.03 Å². The van der Waals surface area contributed by atoms with Crippen molar-refractivity contribution < 1.29 is 9.59 Å². The smallest absolute Gasteiger partial charge is 0.322 e. The van der Waals surface area contributed by atoms with Gasteiger partial charge in [0.05, 0.1) is 0 Å². The molecule has 6 heteroatoms. The molecule has 1 aliphatic carbocycles. The van der Waals surface area contributed by atoms with E-state index in [1.807, 2.05) is 24.3 Å². The van der Waals surface area contributed by atoms with Gasteiger partial charge in [-0.05, 0) is 67.2 Å². The Morgan fingerprint density at radius 3 is 2.54 bits per heavy atom. The van der Waals surface area contributed by atoms with Gasteiger partial charge in [0.25, 0.3) is 0 Å². The first-order valence-corrected chi connectivity index (χ1v) is 11.1. The Morgan fingerprint density at radius 2 is 1.82 bits per heavy atom. The number of likely N-dealkylation sites (tertiary alicyclic amines) is 2. The number of rotatable bonds is 2. The molecule has 1 aromatic rings. The molecule has 28 heavy (non-hydrogen) atoms. The molecule has 4 rings (SSSR count). The highest BCUT2D eigenvalue weighted by Crippen LogP contribution is 2.52. The fourth-order valence-corrected chi connectivity index (χ4v) is 6.17. The summed E-state index contributed by atoms with van der Waals surface area (Å²) in [5.74, 6) is 0.148. The quantitative estimate of drug-likeness (QED) is 0.702. The third-order valence-electron chi connectivity index (χ3n) is 6.59. The summed E-state index contributed by atoms with van der Waals surface area (Å²) in [5, 5.41) is 2.95. The molecule has 3 amide bonds. The number of benzene rings is 1. The highest BCUT2D eigenvalue weighted by Gasteiger charge is 2.52. The monoisotopic (exact) mass is 447 g/mol. The van der Waals surface area contributed by atoms with E-state index in [0.29, 0.717) is 12.6 Å². The van der Waals surface area contributed by atoms with Gasteiger partial charge in [0.2, 0.25) is 5.91 Å². The molecule has 5 nitrogen and oxygen atoms in total. The van der Waals surface area contributed by atoms with Crippen molar-refractivity contribution in [3.8, 4) is 0 Å². The predicted molar refractivity (Wildman–Crippen MR) is 114 cm³/mol. The molecule has 1 aromatic carbocycles. The summed E-state index contributed by atoms with van der Waals surface area (Å²) in [4.78, 5) is 30.1. The molecule has 0 radical (unpaired) electrons. The van der Waals surface area contributed by atoms with Crippen LogP contribution in [0.15, 0.2) is 28.7 Å². The highest BCUT2D eigenvalue weighted by atomic mass is 79.9. The lowest BCUT2D eigenvalue weighted by molar-refractivity contribution is -0.136. The second-order valence-electron chi connectivity index (χ2n) is 9.97. The molecule has 1 saturated carbocycles. The van der Waals surface area contributed by atoms with Crippen molar-refractivity contribution in [2.75, 3.05) is 18.4 Å². The van der Waals surface area contributed by atoms with E-state index >= 15 is 0 Å². The summed E-state index contributed by atoms with van der Waals surface area (Å²) < 4.78 is 0.969.